The van der Waals surface area contributed by atoms with Crippen LogP contribution < -0.4 is 5.56 Å². The number of hydrogen-bond acceptors (Lipinski definition) is 3. The second-order valence-corrected chi connectivity index (χ2v) is 7.24. The van der Waals surface area contributed by atoms with Crippen LogP contribution in [0.1, 0.15) is 30.1 Å². The van der Waals surface area contributed by atoms with Crippen molar-refractivity contribution in [2.24, 2.45) is 7.05 Å². The smallest absolute Gasteiger partial charge is 0.371 e. The van der Waals surface area contributed by atoms with Gasteiger partial charge in [-0.25, -0.2) is 4.39 Å². The van der Waals surface area contributed by atoms with E-state index in [1.165, 1.54) is 23.9 Å². The van der Waals surface area contributed by atoms with Crippen LogP contribution in [0.25, 0.3) is 10.9 Å². The average Bonchev–Trinajstić information content (AvgIpc) is 3.38. The standard InChI is InChI=1S/C18H14ClF4N3O2/c1-25-15(11-6-7-26(10-3-4-10)16(27)14(11)24-25)17(28,18(21,22)23)9-2-5-13(20)12(19)8-9/h2,5-8,10,28H,3-4H2,1H3/t17-/m1/s1. The maximum absolute atomic E-state index is 14.1. The molecule has 0 unspecified atom stereocenters. The lowest BCUT2D eigenvalue weighted by Crippen LogP contribution is -2.45. The summed E-state index contributed by atoms with van der Waals surface area (Å²) in [5, 5.41) is 14.1. The van der Waals surface area contributed by atoms with Gasteiger partial charge in [0, 0.05) is 30.2 Å². The van der Waals surface area contributed by atoms with Crippen molar-refractivity contribution in [1.82, 2.24) is 14.3 Å². The molecule has 0 saturated heterocycles. The highest BCUT2D eigenvalue weighted by Gasteiger charge is 2.59. The third-order valence-corrected chi connectivity index (χ3v) is 5.24. The van der Waals surface area contributed by atoms with Gasteiger partial charge in [-0.2, -0.15) is 18.3 Å². The summed E-state index contributed by atoms with van der Waals surface area (Å²) in [5.41, 5.74) is -5.57. The van der Waals surface area contributed by atoms with Crippen molar-refractivity contribution in [3.8, 4) is 0 Å². The van der Waals surface area contributed by atoms with Gasteiger partial charge >= 0.3 is 6.18 Å². The SMILES string of the molecule is Cn1nc2c(=O)n(C3CC3)ccc2c1[C@](O)(c1ccc(F)c(Cl)c1)C(F)(F)F. The van der Waals surface area contributed by atoms with Gasteiger partial charge < -0.3 is 9.67 Å². The minimum Gasteiger partial charge on any atom is -0.371 e. The van der Waals surface area contributed by atoms with Gasteiger partial charge in [0.25, 0.3) is 5.56 Å². The first kappa shape index (κ1) is 18.9. The van der Waals surface area contributed by atoms with Crippen LogP contribution in [-0.4, -0.2) is 25.6 Å². The average molecular weight is 416 g/mol. The Bertz CT molecular complexity index is 1150. The van der Waals surface area contributed by atoms with E-state index in [2.05, 4.69) is 5.10 Å². The summed E-state index contributed by atoms with van der Waals surface area (Å²) in [6.07, 6.45) is -2.17. The molecule has 1 aromatic carbocycles. The van der Waals surface area contributed by atoms with Crippen molar-refractivity contribution in [2.45, 2.75) is 30.7 Å². The van der Waals surface area contributed by atoms with E-state index in [9.17, 15) is 27.5 Å². The van der Waals surface area contributed by atoms with Crippen LogP contribution in [0.3, 0.4) is 0 Å². The molecule has 148 valence electrons. The molecule has 0 amide bonds. The molecule has 0 aliphatic heterocycles. The summed E-state index contributed by atoms with van der Waals surface area (Å²) in [6, 6.07) is 3.61. The van der Waals surface area contributed by atoms with Gasteiger partial charge in [0.2, 0.25) is 5.60 Å². The van der Waals surface area contributed by atoms with Gasteiger partial charge in [0.05, 0.1) is 10.7 Å². The third kappa shape index (κ3) is 2.64. The highest BCUT2D eigenvalue weighted by atomic mass is 35.5. The van der Waals surface area contributed by atoms with Crippen LogP contribution in [0.4, 0.5) is 17.6 Å². The number of aryl methyl sites for hydroxylation is 1. The lowest BCUT2D eigenvalue weighted by molar-refractivity contribution is -0.250. The molecule has 2 heterocycles. The predicted octanol–water partition coefficient (Wildman–Crippen LogP) is 3.66. The van der Waals surface area contributed by atoms with E-state index < -0.39 is 39.4 Å². The van der Waals surface area contributed by atoms with Crippen LogP contribution >= 0.6 is 11.6 Å². The van der Waals surface area contributed by atoms with E-state index in [1.54, 1.807) is 0 Å². The van der Waals surface area contributed by atoms with Crippen LogP contribution in [0.5, 0.6) is 0 Å². The summed E-state index contributed by atoms with van der Waals surface area (Å²) in [6.45, 7) is 0. The van der Waals surface area contributed by atoms with E-state index in [0.29, 0.717) is 6.07 Å². The summed E-state index contributed by atoms with van der Waals surface area (Å²) in [7, 11) is 1.21. The second-order valence-electron chi connectivity index (χ2n) is 6.83. The van der Waals surface area contributed by atoms with Crippen LogP contribution in [0.15, 0.2) is 35.3 Å². The van der Waals surface area contributed by atoms with Crippen molar-refractivity contribution in [2.75, 3.05) is 0 Å². The van der Waals surface area contributed by atoms with E-state index >= 15 is 0 Å². The number of benzene rings is 1. The molecule has 1 aliphatic carbocycles. The molecule has 1 saturated carbocycles. The van der Waals surface area contributed by atoms with E-state index in [0.717, 1.165) is 29.7 Å². The molecule has 1 aliphatic rings. The molecule has 0 bridgehead atoms. The Morgan fingerprint density at radius 3 is 2.50 bits per heavy atom. The predicted molar refractivity (Wildman–Crippen MR) is 93.7 cm³/mol. The van der Waals surface area contributed by atoms with Crippen LogP contribution in [0, 0.1) is 5.82 Å². The third-order valence-electron chi connectivity index (χ3n) is 4.95. The Hall–Kier alpha value is -2.39. The van der Waals surface area contributed by atoms with Gasteiger partial charge in [-0.05, 0) is 31.0 Å². The number of fused-ring (bicyclic) bond motifs is 1. The zero-order valence-corrected chi connectivity index (χ0v) is 15.2. The van der Waals surface area contributed by atoms with Crippen molar-refractivity contribution in [3.63, 3.8) is 0 Å². The number of nitrogens with zero attached hydrogens (tertiary/aromatic N) is 3. The van der Waals surface area contributed by atoms with E-state index in [1.807, 2.05) is 0 Å². The summed E-state index contributed by atoms with van der Waals surface area (Å²) < 4.78 is 58.0. The van der Waals surface area contributed by atoms with Gasteiger partial charge in [0.15, 0.2) is 5.52 Å². The summed E-state index contributed by atoms with van der Waals surface area (Å²) in [5.74, 6) is -0.919. The molecule has 1 atom stereocenters. The molecule has 1 N–H and O–H groups in total. The largest absolute Gasteiger partial charge is 0.427 e. The monoisotopic (exact) mass is 415 g/mol. The first-order chi connectivity index (χ1) is 13.1. The van der Waals surface area contributed by atoms with Crippen molar-refractivity contribution >= 4 is 22.5 Å². The zero-order chi connectivity index (χ0) is 20.4. The number of pyridine rings is 1. The van der Waals surface area contributed by atoms with E-state index in [-0.39, 0.29) is 16.9 Å². The lowest BCUT2D eigenvalue weighted by Gasteiger charge is -2.31. The first-order valence-corrected chi connectivity index (χ1v) is 8.76. The Morgan fingerprint density at radius 1 is 1.25 bits per heavy atom. The molecule has 0 radical (unpaired) electrons. The molecular formula is C18H14ClF4N3O2. The fourth-order valence-corrected chi connectivity index (χ4v) is 3.61. The fraction of sp³-hybridized carbons (Fsp3) is 0.333. The van der Waals surface area contributed by atoms with Crippen LogP contribution in [0.2, 0.25) is 5.02 Å². The highest BCUT2D eigenvalue weighted by molar-refractivity contribution is 6.30. The normalized spacial score (nSPS) is 17.1. The zero-order valence-electron chi connectivity index (χ0n) is 14.5. The molecule has 28 heavy (non-hydrogen) atoms. The molecule has 2 aromatic heterocycles. The number of alkyl halides is 3. The highest BCUT2D eigenvalue weighted by Crippen LogP contribution is 2.46. The quantitative estimate of drug-likeness (QED) is 0.664. The van der Waals surface area contributed by atoms with Gasteiger partial charge in [-0.1, -0.05) is 17.7 Å². The number of aliphatic hydroxyl groups is 1. The molecule has 0 spiro atoms. The Morgan fingerprint density at radius 2 is 1.93 bits per heavy atom. The van der Waals surface area contributed by atoms with Crippen LogP contribution in [-0.2, 0) is 12.6 Å². The number of rotatable bonds is 3. The van der Waals surface area contributed by atoms with E-state index in [4.69, 9.17) is 11.6 Å². The molecule has 10 heteroatoms. The Kier molecular flexibility index (Phi) is 4.10. The Labute approximate surface area is 160 Å². The second kappa shape index (κ2) is 6.05. The number of aromatic nitrogens is 3. The maximum Gasteiger partial charge on any atom is 0.427 e. The molecule has 5 nitrogen and oxygen atoms in total. The van der Waals surface area contributed by atoms with Crippen molar-refractivity contribution in [1.29, 1.82) is 0 Å². The summed E-state index contributed by atoms with van der Waals surface area (Å²) in [4.78, 5) is 12.6. The molecule has 1 fully saturated rings. The van der Waals surface area contributed by atoms with Gasteiger partial charge in [0.1, 0.15) is 5.82 Å². The molecule has 3 aromatic rings. The fourth-order valence-electron chi connectivity index (χ4n) is 3.43. The lowest BCUT2D eigenvalue weighted by atomic mass is 9.87. The van der Waals surface area contributed by atoms with Gasteiger partial charge in [-0.3, -0.25) is 9.48 Å². The van der Waals surface area contributed by atoms with Crippen molar-refractivity contribution < 1.29 is 22.7 Å². The topological polar surface area (TPSA) is 60.0 Å². The minimum absolute atomic E-state index is 0.0137. The molecular weight excluding hydrogens is 402 g/mol. The molecule has 4 rings (SSSR count). The number of halogens is 5. The van der Waals surface area contributed by atoms with Gasteiger partial charge in [-0.15, -0.1) is 0 Å². The maximum atomic E-state index is 14.1. The Balaban J connectivity index is 2.03. The summed E-state index contributed by atoms with van der Waals surface area (Å²) >= 11 is 5.65. The first-order valence-electron chi connectivity index (χ1n) is 8.38. The van der Waals surface area contributed by atoms with Crippen molar-refractivity contribution in [3.05, 3.63) is 62.9 Å². The minimum atomic E-state index is -5.19. The number of hydrogen-bond donors (Lipinski definition) is 1.